The first-order valence-corrected chi connectivity index (χ1v) is 8.28. The van der Waals surface area contributed by atoms with Crippen LogP contribution in [0.3, 0.4) is 0 Å². The van der Waals surface area contributed by atoms with E-state index in [1.165, 1.54) is 12.1 Å². The molecule has 1 fully saturated rings. The van der Waals surface area contributed by atoms with Gasteiger partial charge in [-0.05, 0) is 25.0 Å². The highest BCUT2D eigenvalue weighted by Gasteiger charge is 2.51. The molecule has 0 saturated carbocycles. The summed E-state index contributed by atoms with van der Waals surface area (Å²) in [6.07, 6.45) is 3.22. The third-order valence-corrected chi connectivity index (χ3v) is 5.02. The molecule has 0 bridgehead atoms. The quantitative estimate of drug-likeness (QED) is 0.360. The van der Waals surface area contributed by atoms with Crippen LogP contribution in [0.15, 0.2) is 36.4 Å². The van der Waals surface area contributed by atoms with Gasteiger partial charge >= 0.3 is 5.97 Å². The van der Waals surface area contributed by atoms with E-state index in [0.29, 0.717) is 12.8 Å². The number of carbonyl (C=O) groups is 4. The van der Waals surface area contributed by atoms with E-state index in [-0.39, 0.29) is 29.0 Å². The van der Waals surface area contributed by atoms with Gasteiger partial charge in [0.1, 0.15) is 0 Å². The van der Waals surface area contributed by atoms with Crippen molar-refractivity contribution in [3.8, 4) is 0 Å². The minimum Gasteiger partial charge on any atom is -0.440 e. The van der Waals surface area contributed by atoms with Crippen LogP contribution in [0.4, 0.5) is 0 Å². The summed E-state index contributed by atoms with van der Waals surface area (Å²) >= 11 is 0. The molecule has 3 unspecified atom stereocenters. The van der Waals surface area contributed by atoms with Gasteiger partial charge in [-0.25, -0.2) is 9.69 Å². The smallest absolute Gasteiger partial charge is 0.358 e. The Morgan fingerprint density at radius 1 is 1.12 bits per heavy atom. The zero-order valence-electron chi connectivity index (χ0n) is 13.7. The van der Waals surface area contributed by atoms with Gasteiger partial charge in [0.15, 0.2) is 6.73 Å². The van der Waals surface area contributed by atoms with Gasteiger partial charge in [-0.3, -0.25) is 14.4 Å². The molecule has 3 atom stereocenters. The lowest BCUT2D eigenvalue weighted by Gasteiger charge is -2.49. The van der Waals surface area contributed by atoms with E-state index in [0.717, 1.165) is 9.80 Å². The highest BCUT2D eigenvalue weighted by Crippen LogP contribution is 2.36. The summed E-state index contributed by atoms with van der Waals surface area (Å²) in [5.41, 5.74) is 0.479. The largest absolute Gasteiger partial charge is 0.440 e. The molecule has 2 heterocycles. The van der Waals surface area contributed by atoms with Crippen molar-refractivity contribution in [2.24, 2.45) is 5.92 Å². The molecule has 1 saturated heterocycles. The highest BCUT2D eigenvalue weighted by molar-refractivity contribution is 6.21. The SMILES string of the molecule is O=C(OCN1C(=O)c2ccccc2C1=O)C(O)N1C(=O)C2CC=CCC21. The van der Waals surface area contributed by atoms with E-state index in [1.54, 1.807) is 12.1 Å². The number of benzene rings is 1. The number of amides is 3. The van der Waals surface area contributed by atoms with Crippen LogP contribution in [0, 0.1) is 5.92 Å². The topological polar surface area (TPSA) is 104 Å². The minimum atomic E-state index is -1.74. The maximum absolute atomic E-state index is 12.2. The van der Waals surface area contributed by atoms with Gasteiger partial charge < -0.3 is 14.7 Å². The standard InChI is InChI=1S/C18H16N2O6/c21-14-10-5-1-2-6-11(10)15(22)19(14)9-26-18(25)17(24)20-13-8-4-3-7-12(13)16(20)23/h1-6,12-13,17,24H,7-9H2. The number of hydrogen-bond acceptors (Lipinski definition) is 6. The molecule has 3 amide bonds. The zero-order valence-corrected chi connectivity index (χ0v) is 13.7. The number of allylic oxidation sites excluding steroid dienone is 1. The summed E-state index contributed by atoms with van der Waals surface area (Å²) in [6.45, 7) is -0.613. The summed E-state index contributed by atoms with van der Waals surface area (Å²) in [5.74, 6) is -2.71. The third-order valence-electron chi connectivity index (χ3n) is 5.02. The highest BCUT2D eigenvalue weighted by atomic mass is 16.6. The molecule has 3 aliphatic rings. The molecule has 8 nitrogen and oxygen atoms in total. The molecular weight excluding hydrogens is 340 g/mol. The van der Waals surface area contributed by atoms with Crippen LogP contribution in [0.5, 0.6) is 0 Å². The lowest BCUT2D eigenvalue weighted by molar-refractivity contribution is -0.192. The molecule has 2 aliphatic heterocycles. The van der Waals surface area contributed by atoms with Crippen molar-refractivity contribution in [3.05, 3.63) is 47.5 Å². The number of hydrogen-bond donors (Lipinski definition) is 1. The first kappa shape index (κ1) is 16.5. The summed E-state index contributed by atoms with van der Waals surface area (Å²) in [5, 5.41) is 10.1. The van der Waals surface area contributed by atoms with Crippen molar-refractivity contribution in [2.75, 3.05) is 6.73 Å². The molecule has 1 N–H and O–H groups in total. The number of ether oxygens (including phenoxy) is 1. The predicted molar refractivity (Wildman–Crippen MR) is 86.4 cm³/mol. The molecule has 8 heteroatoms. The van der Waals surface area contributed by atoms with Crippen LogP contribution in [0.2, 0.25) is 0 Å². The number of β-lactam (4-membered cyclic amide) rings is 1. The Balaban J connectivity index is 1.39. The summed E-state index contributed by atoms with van der Waals surface area (Å²) in [6, 6.07) is 6.07. The van der Waals surface area contributed by atoms with Crippen molar-refractivity contribution in [1.82, 2.24) is 9.80 Å². The summed E-state index contributed by atoms with van der Waals surface area (Å²) in [7, 11) is 0. The monoisotopic (exact) mass is 356 g/mol. The molecule has 0 spiro atoms. The Labute approximate surface area is 148 Å². The Hall–Kier alpha value is -3.00. The molecule has 1 aliphatic carbocycles. The fraction of sp³-hybridized carbons (Fsp3) is 0.333. The number of fused-ring (bicyclic) bond motifs is 2. The fourth-order valence-corrected chi connectivity index (χ4v) is 3.62. The number of nitrogens with zero attached hydrogens (tertiary/aromatic N) is 2. The molecule has 134 valence electrons. The Morgan fingerprint density at radius 3 is 2.38 bits per heavy atom. The second-order valence-electron chi connectivity index (χ2n) is 6.41. The van der Waals surface area contributed by atoms with E-state index in [1.807, 2.05) is 12.2 Å². The maximum atomic E-state index is 12.2. The Bertz CT molecular complexity index is 813. The fourth-order valence-electron chi connectivity index (χ4n) is 3.62. The number of carbonyl (C=O) groups excluding carboxylic acids is 4. The van der Waals surface area contributed by atoms with E-state index >= 15 is 0 Å². The van der Waals surface area contributed by atoms with E-state index in [4.69, 9.17) is 4.74 Å². The molecule has 4 rings (SSSR count). The Kier molecular flexibility index (Phi) is 3.84. The number of aliphatic hydroxyl groups excluding tert-OH is 1. The van der Waals surface area contributed by atoms with Gasteiger partial charge in [0.25, 0.3) is 11.8 Å². The molecule has 0 aromatic heterocycles. The third kappa shape index (κ3) is 2.33. The van der Waals surface area contributed by atoms with Crippen molar-refractivity contribution in [1.29, 1.82) is 0 Å². The summed E-state index contributed by atoms with van der Waals surface area (Å²) in [4.78, 5) is 50.5. The number of imide groups is 1. The maximum Gasteiger partial charge on any atom is 0.358 e. The number of aliphatic hydroxyl groups is 1. The van der Waals surface area contributed by atoms with Crippen LogP contribution in [-0.4, -0.2) is 57.6 Å². The van der Waals surface area contributed by atoms with Crippen LogP contribution in [-0.2, 0) is 14.3 Å². The first-order chi connectivity index (χ1) is 12.5. The van der Waals surface area contributed by atoms with Gasteiger partial charge in [-0.2, -0.15) is 0 Å². The normalized spacial score (nSPS) is 24.9. The van der Waals surface area contributed by atoms with Crippen molar-refractivity contribution < 1.29 is 29.0 Å². The second kappa shape index (κ2) is 6.06. The van der Waals surface area contributed by atoms with Crippen molar-refractivity contribution in [3.63, 3.8) is 0 Å². The molecule has 1 aromatic rings. The second-order valence-corrected chi connectivity index (χ2v) is 6.41. The van der Waals surface area contributed by atoms with E-state index in [9.17, 15) is 24.3 Å². The van der Waals surface area contributed by atoms with E-state index in [2.05, 4.69) is 0 Å². The van der Waals surface area contributed by atoms with Gasteiger partial charge in [0, 0.05) is 0 Å². The van der Waals surface area contributed by atoms with E-state index < -0.39 is 30.7 Å². The van der Waals surface area contributed by atoms with Crippen LogP contribution >= 0.6 is 0 Å². The van der Waals surface area contributed by atoms with Gasteiger partial charge in [0.2, 0.25) is 12.1 Å². The molecule has 1 aromatic carbocycles. The van der Waals surface area contributed by atoms with Crippen LogP contribution in [0.25, 0.3) is 0 Å². The van der Waals surface area contributed by atoms with Crippen molar-refractivity contribution in [2.45, 2.75) is 25.1 Å². The first-order valence-electron chi connectivity index (χ1n) is 8.28. The zero-order chi connectivity index (χ0) is 18.4. The molecular formula is C18H16N2O6. The lowest BCUT2D eigenvalue weighted by Crippen LogP contribution is -2.66. The predicted octanol–water partition coefficient (Wildman–Crippen LogP) is 0.279. The number of rotatable bonds is 4. The lowest BCUT2D eigenvalue weighted by atomic mass is 9.79. The number of likely N-dealkylation sites (tertiary alicyclic amines) is 1. The van der Waals surface area contributed by atoms with Crippen molar-refractivity contribution >= 4 is 23.7 Å². The van der Waals surface area contributed by atoms with Crippen LogP contribution in [0.1, 0.15) is 33.6 Å². The number of esters is 1. The Morgan fingerprint density at radius 2 is 1.73 bits per heavy atom. The van der Waals surface area contributed by atoms with Gasteiger partial charge in [-0.1, -0.05) is 24.3 Å². The molecule has 0 radical (unpaired) electrons. The van der Waals surface area contributed by atoms with Crippen LogP contribution < -0.4 is 0 Å². The average Bonchev–Trinajstić information content (AvgIpc) is 2.90. The minimum absolute atomic E-state index is 0.210. The molecule has 26 heavy (non-hydrogen) atoms. The summed E-state index contributed by atoms with van der Waals surface area (Å²) < 4.78 is 4.93. The average molecular weight is 356 g/mol. The van der Waals surface area contributed by atoms with Gasteiger partial charge in [0.05, 0.1) is 23.1 Å². The van der Waals surface area contributed by atoms with Gasteiger partial charge in [-0.15, -0.1) is 0 Å².